The van der Waals surface area contributed by atoms with Crippen LogP contribution >= 0.6 is 0 Å². The second kappa shape index (κ2) is 9.50. The van der Waals surface area contributed by atoms with Crippen molar-refractivity contribution in [2.45, 2.75) is 18.7 Å². The lowest BCUT2D eigenvalue weighted by atomic mass is 10.0. The second-order valence-electron chi connectivity index (χ2n) is 7.61. The predicted molar refractivity (Wildman–Crippen MR) is 116 cm³/mol. The SMILES string of the molecule is CC(NC(=O)c1cccc(CS(C)=O)c1)c1cc(F)ccc1N1CCN(C)CC1. The number of amides is 1. The molecule has 2 aromatic rings. The van der Waals surface area contributed by atoms with Crippen LogP contribution in [0.3, 0.4) is 0 Å². The van der Waals surface area contributed by atoms with Crippen molar-refractivity contribution in [2.75, 3.05) is 44.4 Å². The number of carbonyl (C=O) groups excluding carboxylic acids is 1. The Hall–Kier alpha value is -2.25. The van der Waals surface area contributed by atoms with Gasteiger partial charge in [-0.15, -0.1) is 0 Å². The van der Waals surface area contributed by atoms with Gasteiger partial charge in [-0.3, -0.25) is 9.00 Å². The van der Waals surface area contributed by atoms with Gasteiger partial charge in [-0.25, -0.2) is 4.39 Å². The molecule has 2 atom stereocenters. The summed E-state index contributed by atoms with van der Waals surface area (Å²) in [5, 5.41) is 2.99. The molecule has 29 heavy (non-hydrogen) atoms. The number of piperazine rings is 1. The number of hydrogen-bond donors (Lipinski definition) is 1. The van der Waals surface area contributed by atoms with Crippen LogP contribution in [0.2, 0.25) is 0 Å². The van der Waals surface area contributed by atoms with E-state index in [1.54, 1.807) is 30.5 Å². The first-order valence-corrected chi connectivity index (χ1v) is 11.5. The molecule has 1 N–H and O–H groups in total. The lowest BCUT2D eigenvalue weighted by Crippen LogP contribution is -2.45. The van der Waals surface area contributed by atoms with Gasteiger partial charge in [0.05, 0.1) is 6.04 Å². The first-order valence-electron chi connectivity index (χ1n) is 9.76. The minimum atomic E-state index is -0.972. The molecule has 1 amide bonds. The van der Waals surface area contributed by atoms with Gasteiger partial charge in [0, 0.05) is 65.8 Å². The molecule has 0 spiro atoms. The van der Waals surface area contributed by atoms with Gasteiger partial charge in [0.2, 0.25) is 0 Å². The highest BCUT2D eigenvalue weighted by Crippen LogP contribution is 2.28. The highest BCUT2D eigenvalue weighted by atomic mass is 32.2. The second-order valence-corrected chi connectivity index (χ2v) is 9.04. The number of halogens is 1. The maximum atomic E-state index is 14.0. The molecule has 1 saturated heterocycles. The summed E-state index contributed by atoms with van der Waals surface area (Å²) in [4.78, 5) is 17.3. The summed E-state index contributed by atoms with van der Waals surface area (Å²) >= 11 is 0. The van der Waals surface area contributed by atoms with Gasteiger partial charge in [0.25, 0.3) is 5.91 Å². The van der Waals surface area contributed by atoms with E-state index in [-0.39, 0.29) is 17.8 Å². The lowest BCUT2D eigenvalue weighted by molar-refractivity contribution is 0.0939. The zero-order valence-electron chi connectivity index (χ0n) is 17.2. The van der Waals surface area contributed by atoms with E-state index in [4.69, 9.17) is 0 Å². The van der Waals surface area contributed by atoms with Gasteiger partial charge in [-0.2, -0.15) is 0 Å². The normalized spacial score (nSPS) is 17.0. The molecule has 2 unspecified atom stereocenters. The average Bonchev–Trinajstić information content (AvgIpc) is 2.68. The quantitative estimate of drug-likeness (QED) is 0.785. The maximum absolute atomic E-state index is 14.0. The number of hydrogen-bond acceptors (Lipinski definition) is 4. The number of carbonyl (C=O) groups is 1. The van der Waals surface area contributed by atoms with Crippen LogP contribution in [0.5, 0.6) is 0 Å². The summed E-state index contributed by atoms with van der Waals surface area (Å²) in [5.74, 6) is -0.130. The Bertz CT molecular complexity index is 897. The number of anilines is 1. The van der Waals surface area contributed by atoms with Crippen LogP contribution in [0.1, 0.15) is 34.5 Å². The van der Waals surface area contributed by atoms with Gasteiger partial charge in [-0.05, 0) is 49.9 Å². The zero-order valence-corrected chi connectivity index (χ0v) is 18.0. The highest BCUT2D eigenvalue weighted by molar-refractivity contribution is 7.83. The van der Waals surface area contributed by atoms with E-state index in [1.165, 1.54) is 12.1 Å². The Morgan fingerprint density at radius 1 is 1.17 bits per heavy atom. The summed E-state index contributed by atoms with van der Waals surface area (Å²) in [6.45, 7) is 5.50. The Morgan fingerprint density at radius 2 is 1.90 bits per heavy atom. The Labute approximate surface area is 174 Å². The van der Waals surface area contributed by atoms with E-state index in [2.05, 4.69) is 22.2 Å². The van der Waals surface area contributed by atoms with Crippen molar-refractivity contribution in [3.8, 4) is 0 Å². The Morgan fingerprint density at radius 3 is 2.59 bits per heavy atom. The van der Waals surface area contributed by atoms with Crippen molar-refractivity contribution in [1.82, 2.24) is 10.2 Å². The van der Waals surface area contributed by atoms with Crippen molar-refractivity contribution in [3.63, 3.8) is 0 Å². The van der Waals surface area contributed by atoms with E-state index < -0.39 is 10.8 Å². The molecule has 5 nitrogen and oxygen atoms in total. The third-order valence-corrected chi connectivity index (χ3v) is 5.95. The van der Waals surface area contributed by atoms with Crippen LogP contribution in [0, 0.1) is 5.82 Å². The van der Waals surface area contributed by atoms with Crippen molar-refractivity contribution >= 4 is 22.4 Å². The largest absolute Gasteiger partial charge is 0.369 e. The van der Waals surface area contributed by atoms with Crippen molar-refractivity contribution in [1.29, 1.82) is 0 Å². The van der Waals surface area contributed by atoms with Gasteiger partial charge >= 0.3 is 0 Å². The summed E-state index contributed by atoms with van der Waals surface area (Å²) in [6, 6.07) is 11.6. The standard InChI is InChI=1S/C22H28FN3O2S/c1-16(24-22(27)18-6-4-5-17(13-18)15-29(3)28)20-14-19(23)7-8-21(20)26-11-9-25(2)10-12-26/h4-8,13-14,16H,9-12,15H2,1-3H3,(H,24,27). The average molecular weight is 418 g/mol. The molecule has 1 heterocycles. The molecule has 0 aliphatic carbocycles. The topological polar surface area (TPSA) is 52.7 Å². The number of benzene rings is 2. The molecule has 0 saturated carbocycles. The van der Waals surface area contributed by atoms with Crippen LogP contribution in [0.15, 0.2) is 42.5 Å². The van der Waals surface area contributed by atoms with E-state index in [0.717, 1.165) is 43.0 Å². The molecule has 0 radical (unpaired) electrons. The van der Waals surface area contributed by atoms with Crippen LogP contribution in [0.25, 0.3) is 0 Å². The van der Waals surface area contributed by atoms with Gasteiger partial charge in [0.15, 0.2) is 0 Å². The zero-order chi connectivity index (χ0) is 21.0. The van der Waals surface area contributed by atoms with E-state index in [9.17, 15) is 13.4 Å². The molecule has 1 fully saturated rings. The lowest BCUT2D eigenvalue weighted by Gasteiger charge is -2.36. The number of nitrogens with one attached hydrogen (secondary N) is 1. The molecule has 0 aromatic heterocycles. The van der Waals surface area contributed by atoms with Crippen LogP contribution < -0.4 is 10.2 Å². The third-order valence-electron chi connectivity index (χ3n) is 5.21. The van der Waals surface area contributed by atoms with E-state index in [1.807, 2.05) is 13.0 Å². The van der Waals surface area contributed by atoms with Crippen molar-refractivity contribution in [2.24, 2.45) is 0 Å². The predicted octanol–water partition coefficient (Wildman–Crippen LogP) is 2.95. The van der Waals surface area contributed by atoms with Crippen molar-refractivity contribution < 1.29 is 13.4 Å². The minimum absolute atomic E-state index is 0.227. The fourth-order valence-electron chi connectivity index (χ4n) is 3.60. The summed E-state index contributed by atoms with van der Waals surface area (Å²) < 4.78 is 25.5. The molecule has 1 aliphatic heterocycles. The van der Waals surface area contributed by atoms with Crippen molar-refractivity contribution in [3.05, 3.63) is 65.0 Å². The summed E-state index contributed by atoms with van der Waals surface area (Å²) in [5.41, 5.74) is 3.10. The van der Waals surface area contributed by atoms with Gasteiger partial charge in [0.1, 0.15) is 5.82 Å². The first kappa shape index (κ1) is 21.5. The van der Waals surface area contributed by atoms with E-state index >= 15 is 0 Å². The van der Waals surface area contributed by atoms with Gasteiger partial charge < -0.3 is 15.1 Å². The first-order chi connectivity index (χ1) is 13.8. The molecular weight excluding hydrogens is 389 g/mol. The van der Waals surface area contributed by atoms with Crippen LogP contribution in [-0.4, -0.2) is 54.5 Å². The number of rotatable bonds is 6. The molecule has 1 aliphatic rings. The van der Waals surface area contributed by atoms with E-state index in [0.29, 0.717) is 11.3 Å². The van der Waals surface area contributed by atoms with Gasteiger partial charge in [-0.1, -0.05) is 12.1 Å². The Kier molecular flexibility index (Phi) is 7.03. The maximum Gasteiger partial charge on any atom is 0.251 e. The summed E-state index contributed by atoms with van der Waals surface area (Å²) in [7, 11) is 1.12. The molecule has 2 aromatic carbocycles. The summed E-state index contributed by atoms with van der Waals surface area (Å²) in [6.07, 6.45) is 1.64. The number of nitrogens with zero attached hydrogens (tertiary/aromatic N) is 2. The molecule has 3 rings (SSSR count). The highest BCUT2D eigenvalue weighted by Gasteiger charge is 2.21. The van der Waals surface area contributed by atoms with Crippen LogP contribution in [0.4, 0.5) is 10.1 Å². The molecular formula is C22H28FN3O2S. The molecule has 156 valence electrons. The molecule has 7 heteroatoms. The fourth-order valence-corrected chi connectivity index (χ4v) is 4.25. The monoisotopic (exact) mass is 417 g/mol. The fraction of sp³-hybridized carbons (Fsp3) is 0.409. The smallest absolute Gasteiger partial charge is 0.251 e. The number of likely N-dealkylation sites (N-methyl/N-ethyl adjacent to an activating group) is 1. The third kappa shape index (κ3) is 5.64. The Balaban J connectivity index is 1.78. The van der Waals surface area contributed by atoms with Crippen LogP contribution in [-0.2, 0) is 16.6 Å². The minimum Gasteiger partial charge on any atom is -0.369 e. The molecule has 0 bridgehead atoms.